The highest BCUT2D eigenvalue weighted by atomic mass is 35.5. The van der Waals surface area contributed by atoms with E-state index in [9.17, 15) is 14.4 Å². The zero-order valence-corrected chi connectivity index (χ0v) is 17.6. The minimum atomic E-state index is -0.459. The first-order valence-electron chi connectivity index (χ1n) is 8.90. The number of nitrogens with one attached hydrogen (secondary N) is 1. The number of rotatable bonds is 7. The number of carbonyl (C=O) groups is 2. The number of hydrazone groups is 1. The van der Waals surface area contributed by atoms with Crippen molar-refractivity contribution < 1.29 is 14.3 Å². The number of hydrogen-bond donors (Lipinski definition) is 1. The van der Waals surface area contributed by atoms with Gasteiger partial charge >= 0.3 is 10.8 Å². The van der Waals surface area contributed by atoms with E-state index in [2.05, 4.69) is 10.5 Å². The maximum Gasteiger partial charge on any atom is 0.337 e. The van der Waals surface area contributed by atoms with Crippen LogP contribution in [0.2, 0.25) is 5.15 Å². The van der Waals surface area contributed by atoms with E-state index in [0.29, 0.717) is 10.4 Å². The number of ether oxygens (including phenoxy) is 1. The zero-order valence-electron chi connectivity index (χ0n) is 16.0. The molecule has 30 heavy (non-hydrogen) atoms. The maximum atomic E-state index is 12.3. The smallest absolute Gasteiger partial charge is 0.337 e. The number of methoxy groups -OCH3 is 1. The summed E-state index contributed by atoms with van der Waals surface area (Å²) in [6.07, 6.45) is 1.54. The van der Waals surface area contributed by atoms with E-state index < -0.39 is 5.97 Å². The van der Waals surface area contributed by atoms with Crippen molar-refractivity contribution in [2.45, 2.75) is 13.0 Å². The Morgan fingerprint density at radius 2 is 1.90 bits per heavy atom. The fourth-order valence-corrected chi connectivity index (χ4v) is 3.80. The zero-order chi connectivity index (χ0) is 21.5. The Morgan fingerprint density at radius 3 is 2.63 bits per heavy atom. The van der Waals surface area contributed by atoms with Crippen molar-refractivity contribution in [3.63, 3.8) is 0 Å². The highest BCUT2D eigenvalue weighted by molar-refractivity contribution is 7.11. The largest absolute Gasteiger partial charge is 0.465 e. The predicted molar refractivity (Wildman–Crippen MR) is 116 cm³/mol. The van der Waals surface area contributed by atoms with Gasteiger partial charge in [0.1, 0.15) is 5.15 Å². The molecule has 0 fully saturated rings. The molecule has 0 aliphatic heterocycles. The fourth-order valence-electron chi connectivity index (χ4n) is 2.70. The number of hydrogen-bond acceptors (Lipinski definition) is 6. The third-order valence-corrected chi connectivity index (χ3v) is 5.56. The number of benzene rings is 2. The highest BCUT2D eigenvalue weighted by Crippen LogP contribution is 2.19. The molecule has 0 radical (unpaired) electrons. The number of carbonyl (C=O) groups excluding carboxylic acids is 2. The summed E-state index contributed by atoms with van der Waals surface area (Å²) in [7, 11) is 1.31. The summed E-state index contributed by atoms with van der Waals surface area (Å²) in [5, 5.41) is 4.10. The maximum absolute atomic E-state index is 12.3. The van der Waals surface area contributed by atoms with E-state index >= 15 is 0 Å². The SMILES string of the molecule is COC(=O)c1cccc(Cn2c(Cl)c(/C=N\NC(=O)Cc3ccccc3)sc2=O)c1. The number of amides is 1. The Labute approximate surface area is 181 Å². The van der Waals surface area contributed by atoms with Gasteiger partial charge in [-0.25, -0.2) is 10.2 Å². The van der Waals surface area contributed by atoms with Crippen LogP contribution in [0.15, 0.2) is 64.5 Å². The number of nitrogens with zero attached hydrogens (tertiary/aromatic N) is 2. The Morgan fingerprint density at radius 1 is 1.17 bits per heavy atom. The molecule has 0 saturated heterocycles. The van der Waals surface area contributed by atoms with Crippen molar-refractivity contribution in [3.8, 4) is 0 Å². The molecule has 2 aromatic carbocycles. The summed E-state index contributed by atoms with van der Waals surface area (Å²) in [5.74, 6) is -0.736. The molecule has 0 spiro atoms. The Balaban J connectivity index is 1.68. The minimum absolute atomic E-state index is 0.188. The number of esters is 1. The lowest BCUT2D eigenvalue weighted by molar-refractivity contribution is -0.120. The van der Waals surface area contributed by atoms with E-state index in [0.717, 1.165) is 22.5 Å². The van der Waals surface area contributed by atoms with Crippen LogP contribution in [0.1, 0.15) is 26.4 Å². The summed E-state index contributed by atoms with van der Waals surface area (Å²) in [6, 6.07) is 16.0. The van der Waals surface area contributed by atoms with Crippen molar-refractivity contribution in [2.24, 2.45) is 5.10 Å². The van der Waals surface area contributed by atoms with Crippen molar-refractivity contribution in [3.05, 3.63) is 91.0 Å². The van der Waals surface area contributed by atoms with E-state index in [1.54, 1.807) is 24.3 Å². The molecule has 0 unspecified atom stereocenters. The third-order valence-electron chi connectivity index (χ3n) is 4.13. The summed E-state index contributed by atoms with van der Waals surface area (Å²) in [6.45, 7) is 0.188. The predicted octanol–water partition coefficient (Wildman–Crippen LogP) is 3.09. The van der Waals surface area contributed by atoms with Crippen LogP contribution < -0.4 is 10.3 Å². The molecular formula is C21H18ClN3O4S. The standard InChI is InChI=1S/C21H18ClN3O4S/c1-29-20(27)16-9-5-8-15(10-16)13-25-19(22)17(30-21(25)28)12-23-24-18(26)11-14-6-3-2-4-7-14/h2-10,12H,11,13H2,1H3,(H,24,26)/b23-12-. The lowest BCUT2D eigenvalue weighted by atomic mass is 10.1. The summed E-state index contributed by atoms with van der Waals surface area (Å²) in [4.78, 5) is 36.1. The monoisotopic (exact) mass is 443 g/mol. The molecule has 1 heterocycles. The van der Waals surface area contributed by atoms with Crippen molar-refractivity contribution >= 4 is 41.0 Å². The van der Waals surface area contributed by atoms with Crippen LogP contribution >= 0.6 is 22.9 Å². The molecule has 0 bridgehead atoms. The third kappa shape index (κ3) is 5.43. The minimum Gasteiger partial charge on any atom is -0.465 e. The normalized spacial score (nSPS) is 10.9. The number of thiazole rings is 1. The average molecular weight is 444 g/mol. The fraction of sp³-hybridized carbons (Fsp3) is 0.143. The van der Waals surface area contributed by atoms with Crippen LogP contribution in [0.25, 0.3) is 0 Å². The number of aromatic nitrogens is 1. The van der Waals surface area contributed by atoms with Crippen LogP contribution in [0.5, 0.6) is 0 Å². The Bertz CT molecular complexity index is 1140. The van der Waals surface area contributed by atoms with Crippen LogP contribution in [0, 0.1) is 0 Å². The van der Waals surface area contributed by atoms with Gasteiger partial charge < -0.3 is 4.74 Å². The van der Waals surface area contributed by atoms with E-state index in [4.69, 9.17) is 16.3 Å². The molecule has 1 aromatic heterocycles. The van der Waals surface area contributed by atoms with Gasteiger partial charge in [-0.3, -0.25) is 14.2 Å². The second kappa shape index (κ2) is 10.00. The first-order chi connectivity index (χ1) is 14.5. The van der Waals surface area contributed by atoms with E-state index in [1.165, 1.54) is 17.9 Å². The molecule has 1 amide bonds. The van der Waals surface area contributed by atoms with Crippen molar-refractivity contribution in [1.29, 1.82) is 0 Å². The highest BCUT2D eigenvalue weighted by Gasteiger charge is 2.13. The van der Waals surface area contributed by atoms with Crippen LogP contribution in [-0.2, 0) is 22.5 Å². The van der Waals surface area contributed by atoms with E-state index in [-0.39, 0.29) is 28.9 Å². The van der Waals surface area contributed by atoms with Crippen molar-refractivity contribution in [2.75, 3.05) is 7.11 Å². The quantitative estimate of drug-likeness (QED) is 0.345. The molecule has 1 N–H and O–H groups in total. The van der Waals surface area contributed by atoms with Gasteiger partial charge in [-0.1, -0.05) is 65.4 Å². The lowest BCUT2D eigenvalue weighted by Gasteiger charge is -2.06. The van der Waals surface area contributed by atoms with Gasteiger partial charge in [0.2, 0.25) is 5.91 Å². The second-order valence-electron chi connectivity index (χ2n) is 6.26. The topological polar surface area (TPSA) is 89.8 Å². The van der Waals surface area contributed by atoms with Crippen molar-refractivity contribution in [1.82, 2.24) is 9.99 Å². The molecule has 3 rings (SSSR count). The molecule has 0 atom stereocenters. The Hall–Kier alpha value is -3.23. The van der Waals surface area contributed by atoms with Gasteiger partial charge in [0.05, 0.1) is 36.7 Å². The summed E-state index contributed by atoms with van der Waals surface area (Å²) >= 11 is 7.25. The van der Waals surface area contributed by atoms with E-state index in [1.807, 2.05) is 30.3 Å². The second-order valence-corrected chi connectivity index (χ2v) is 7.61. The molecule has 0 aliphatic rings. The first kappa shape index (κ1) is 21.5. The molecular weight excluding hydrogens is 426 g/mol. The van der Waals surface area contributed by atoms with Gasteiger partial charge in [-0.15, -0.1) is 0 Å². The van der Waals surface area contributed by atoms with Gasteiger partial charge in [0.15, 0.2) is 0 Å². The molecule has 154 valence electrons. The van der Waals surface area contributed by atoms with Gasteiger partial charge in [0, 0.05) is 0 Å². The van der Waals surface area contributed by atoms with Gasteiger partial charge in [0.25, 0.3) is 0 Å². The first-order valence-corrected chi connectivity index (χ1v) is 10.1. The van der Waals surface area contributed by atoms with Gasteiger partial charge in [-0.05, 0) is 23.3 Å². The number of halogens is 1. The average Bonchev–Trinajstić information content (AvgIpc) is 3.01. The summed E-state index contributed by atoms with van der Waals surface area (Å²) < 4.78 is 6.08. The Kier molecular flexibility index (Phi) is 7.16. The van der Waals surface area contributed by atoms with Crippen LogP contribution in [0.3, 0.4) is 0 Å². The van der Waals surface area contributed by atoms with Gasteiger partial charge in [-0.2, -0.15) is 5.10 Å². The molecule has 3 aromatic rings. The molecule has 9 heteroatoms. The molecule has 7 nitrogen and oxygen atoms in total. The van der Waals surface area contributed by atoms with Crippen LogP contribution in [-0.4, -0.2) is 29.8 Å². The lowest BCUT2D eigenvalue weighted by Crippen LogP contribution is -2.19. The molecule has 0 saturated carbocycles. The molecule has 0 aliphatic carbocycles. The summed E-state index contributed by atoms with van der Waals surface area (Å²) in [5.41, 5.74) is 4.40. The van der Waals surface area contributed by atoms with Crippen LogP contribution in [0.4, 0.5) is 0 Å².